The molecular weight excluding hydrogens is 265 g/mol. The van der Waals surface area contributed by atoms with Gasteiger partial charge in [0.1, 0.15) is 5.15 Å². The van der Waals surface area contributed by atoms with Gasteiger partial charge in [0, 0.05) is 5.33 Å². The Hall–Kier alpha value is -0.420. The Balaban J connectivity index is 3.35. The highest BCUT2D eigenvalue weighted by molar-refractivity contribution is 9.08. The van der Waals surface area contributed by atoms with E-state index >= 15 is 0 Å². The second kappa shape index (κ2) is 4.19. The summed E-state index contributed by atoms with van der Waals surface area (Å²) in [4.78, 5) is 3.55. The largest absolute Gasteiger partial charge is 0.397 e. The molecule has 6 heteroatoms. The molecule has 0 aliphatic heterocycles. The molecule has 1 aromatic rings. The van der Waals surface area contributed by atoms with E-state index in [4.69, 9.17) is 17.3 Å². The molecule has 0 aliphatic rings. The van der Waals surface area contributed by atoms with Crippen molar-refractivity contribution in [3.05, 3.63) is 22.5 Å². The van der Waals surface area contributed by atoms with Crippen LogP contribution in [0.25, 0.3) is 0 Å². The van der Waals surface area contributed by atoms with E-state index < -0.39 is 6.43 Å². The van der Waals surface area contributed by atoms with Gasteiger partial charge in [0.15, 0.2) is 0 Å². The van der Waals surface area contributed by atoms with Crippen molar-refractivity contribution in [1.82, 2.24) is 4.98 Å². The zero-order chi connectivity index (χ0) is 10.0. The smallest absolute Gasteiger partial charge is 0.267 e. The molecule has 1 aromatic heterocycles. The lowest BCUT2D eigenvalue weighted by Gasteiger charge is -2.09. The lowest BCUT2D eigenvalue weighted by Crippen LogP contribution is -2.01. The number of alkyl halides is 3. The normalized spacial score (nSPS) is 10.8. The van der Waals surface area contributed by atoms with Crippen molar-refractivity contribution in [2.24, 2.45) is 0 Å². The van der Waals surface area contributed by atoms with Crippen LogP contribution in [0, 0.1) is 0 Å². The van der Waals surface area contributed by atoms with E-state index in [0.717, 1.165) is 0 Å². The maximum absolute atomic E-state index is 12.5. The third-order valence-corrected chi connectivity index (χ3v) is 2.43. The summed E-state index contributed by atoms with van der Waals surface area (Å²) in [6.45, 7) is 0. The van der Waals surface area contributed by atoms with Crippen LogP contribution >= 0.6 is 27.5 Å². The lowest BCUT2D eigenvalue weighted by molar-refractivity contribution is 0.150. The predicted molar refractivity (Wildman–Crippen MR) is 51.2 cm³/mol. The van der Waals surface area contributed by atoms with E-state index in [9.17, 15) is 8.78 Å². The Morgan fingerprint density at radius 3 is 2.62 bits per heavy atom. The van der Waals surface area contributed by atoms with Crippen LogP contribution in [0.15, 0.2) is 6.20 Å². The maximum Gasteiger partial charge on any atom is 0.267 e. The fraction of sp³-hybridized carbons (Fsp3) is 0.286. The Morgan fingerprint density at radius 2 is 2.23 bits per heavy atom. The zero-order valence-electron chi connectivity index (χ0n) is 6.40. The van der Waals surface area contributed by atoms with Gasteiger partial charge in [0.2, 0.25) is 0 Å². The molecule has 13 heavy (non-hydrogen) atoms. The van der Waals surface area contributed by atoms with E-state index in [1.54, 1.807) is 0 Å². The minimum atomic E-state index is -2.66. The number of anilines is 1. The average molecular weight is 271 g/mol. The molecule has 0 atom stereocenters. The summed E-state index contributed by atoms with van der Waals surface area (Å²) in [5, 5.41) is 0.0412. The van der Waals surface area contributed by atoms with Crippen LogP contribution in [0.1, 0.15) is 17.6 Å². The maximum atomic E-state index is 12.5. The predicted octanol–water partition coefficient (Wildman–Crippen LogP) is 3.15. The standard InChI is InChI=1S/C7H6BrClF2N2/c8-1-3-4(12)2-13-6(9)5(3)7(10)11/h2,7H,1,12H2. The van der Waals surface area contributed by atoms with Gasteiger partial charge in [-0.25, -0.2) is 13.8 Å². The number of rotatable bonds is 2. The topological polar surface area (TPSA) is 38.9 Å². The van der Waals surface area contributed by atoms with Crippen molar-refractivity contribution < 1.29 is 8.78 Å². The fourth-order valence-electron chi connectivity index (χ4n) is 0.925. The van der Waals surface area contributed by atoms with Gasteiger partial charge in [-0.05, 0) is 5.56 Å². The third-order valence-electron chi connectivity index (χ3n) is 1.56. The van der Waals surface area contributed by atoms with Crippen molar-refractivity contribution in [3.8, 4) is 0 Å². The Kier molecular flexibility index (Phi) is 3.44. The van der Waals surface area contributed by atoms with Gasteiger partial charge < -0.3 is 5.73 Å². The van der Waals surface area contributed by atoms with Crippen molar-refractivity contribution in [2.75, 3.05) is 5.73 Å². The fourth-order valence-corrected chi connectivity index (χ4v) is 1.80. The lowest BCUT2D eigenvalue weighted by atomic mass is 10.1. The molecule has 1 rings (SSSR count). The number of pyridine rings is 1. The molecule has 72 valence electrons. The Labute approximate surface area is 87.2 Å². The van der Waals surface area contributed by atoms with E-state index in [1.165, 1.54) is 6.20 Å². The minimum absolute atomic E-state index is 0.196. The van der Waals surface area contributed by atoms with E-state index in [1.807, 2.05) is 0 Å². The van der Waals surface area contributed by atoms with Crippen LogP contribution in [0.3, 0.4) is 0 Å². The minimum Gasteiger partial charge on any atom is -0.397 e. The average Bonchev–Trinajstić information content (AvgIpc) is 2.07. The van der Waals surface area contributed by atoms with Crippen LogP contribution in [0.5, 0.6) is 0 Å². The van der Waals surface area contributed by atoms with Gasteiger partial charge in [-0.1, -0.05) is 27.5 Å². The summed E-state index contributed by atoms with van der Waals surface area (Å²) in [6, 6.07) is 0. The molecule has 0 aromatic carbocycles. The van der Waals surface area contributed by atoms with Crippen LogP contribution in [0.4, 0.5) is 14.5 Å². The third kappa shape index (κ3) is 2.08. The van der Waals surface area contributed by atoms with Gasteiger partial charge in [-0.3, -0.25) is 0 Å². The van der Waals surface area contributed by atoms with Gasteiger partial charge in [-0.2, -0.15) is 0 Å². The van der Waals surface area contributed by atoms with E-state index in [-0.39, 0.29) is 21.7 Å². The number of nitrogen functional groups attached to an aromatic ring is 1. The van der Waals surface area contributed by atoms with Crippen molar-refractivity contribution >= 4 is 33.2 Å². The molecule has 0 aliphatic carbocycles. The molecule has 1 heterocycles. The number of nitrogens with zero attached hydrogens (tertiary/aromatic N) is 1. The molecule has 2 N–H and O–H groups in total. The zero-order valence-corrected chi connectivity index (χ0v) is 8.74. The monoisotopic (exact) mass is 270 g/mol. The molecule has 0 saturated heterocycles. The first-order chi connectivity index (χ1) is 6.07. The molecule has 0 radical (unpaired) electrons. The summed E-state index contributed by atoms with van der Waals surface area (Å²) in [6.07, 6.45) is -1.39. The van der Waals surface area contributed by atoms with Crippen LogP contribution in [0.2, 0.25) is 5.15 Å². The highest BCUT2D eigenvalue weighted by Crippen LogP contribution is 2.32. The van der Waals surface area contributed by atoms with Crippen molar-refractivity contribution in [2.45, 2.75) is 11.8 Å². The van der Waals surface area contributed by atoms with Crippen LogP contribution in [-0.4, -0.2) is 4.98 Å². The second-order valence-electron chi connectivity index (χ2n) is 2.33. The molecule has 0 saturated carbocycles. The first-order valence-corrected chi connectivity index (χ1v) is 4.84. The number of hydrogen-bond donors (Lipinski definition) is 1. The van der Waals surface area contributed by atoms with Gasteiger partial charge in [0.25, 0.3) is 6.43 Å². The summed E-state index contributed by atoms with van der Waals surface area (Å²) in [7, 11) is 0. The number of halogens is 4. The van der Waals surface area contributed by atoms with Crippen molar-refractivity contribution in [3.63, 3.8) is 0 Å². The molecule has 0 fully saturated rings. The van der Waals surface area contributed by atoms with E-state index in [2.05, 4.69) is 20.9 Å². The quantitative estimate of drug-likeness (QED) is 0.663. The molecule has 0 unspecified atom stereocenters. The number of hydrogen-bond acceptors (Lipinski definition) is 2. The summed E-state index contributed by atoms with van der Waals surface area (Å²) in [5.74, 6) is 0. The Bertz CT molecular complexity index is 320. The molecule has 0 bridgehead atoms. The Morgan fingerprint density at radius 1 is 1.62 bits per heavy atom. The molecule has 0 spiro atoms. The first kappa shape index (κ1) is 10.7. The van der Waals surface area contributed by atoms with Gasteiger partial charge in [-0.15, -0.1) is 0 Å². The van der Waals surface area contributed by atoms with E-state index in [0.29, 0.717) is 5.56 Å². The summed E-state index contributed by atoms with van der Waals surface area (Å²) >= 11 is 8.57. The summed E-state index contributed by atoms with van der Waals surface area (Å²) in [5.41, 5.74) is 5.68. The number of aromatic nitrogens is 1. The number of nitrogens with two attached hydrogens (primary N) is 1. The molecular formula is C7H6BrClF2N2. The highest BCUT2D eigenvalue weighted by atomic mass is 79.9. The summed E-state index contributed by atoms with van der Waals surface area (Å²) < 4.78 is 24.9. The first-order valence-electron chi connectivity index (χ1n) is 3.34. The van der Waals surface area contributed by atoms with Crippen LogP contribution in [-0.2, 0) is 5.33 Å². The molecule has 0 amide bonds. The van der Waals surface area contributed by atoms with Gasteiger partial charge >= 0.3 is 0 Å². The van der Waals surface area contributed by atoms with Crippen LogP contribution < -0.4 is 5.73 Å². The highest BCUT2D eigenvalue weighted by Gasteiger charge is 2.19. The SMILES string of the molecule is Nc1cnc(Cl)c(C(F)F)c1CBr. The van der Waals surface area contributed by atoms with Crippen molar-refractivity contribution in [1.29, 1.82) is 0 Å². The second-order valence-corrected chi connectivity index (χ2v) is 3.25. The molecule has 2 nitrogen and oxygen atoms in total. The van der Waals surface area contributed by atoms with Gasteiger partial charge in [0.05, 0.1) is 17.4 Å².